The molecule has 46 heavy (non-hydrogen) atoms. The summed E-state index contributed by atoms with van der Waals surface area (Å²) in [7, 11) is 1.96. The number of fused-ring (bicyclic) bond motifs is 5. The Morgan fingerprint density at radius 2 is 1.89 bits per heavy atom. The van der Waals surface area contributed by atoms with Gasteiger partial charge in [-0.15, -0.1) is 0 Å². The summed E-state index contributed by atoms with van der Waals surface area (Å²) >= 11 is 6.65. The van der Waals surface area contributed by atoms with Crippen molar-refractivity contribution in [2.45, 2.75) is 55.6 Å². The number of anilines is 1. The van der Waals surface area contributed by atoms with Crippen molar-refractivity contribution in [1.29, 1.82) is 0 Å². The number of pyridine rings is 1. The number of hydrogen-bond donors (Lipinski definition) is 1. The Bertz CT molecular complexity index is 1970. The smallest absolute Gasteiger partial charge is 0.319 e. The zero-order valence-electron chi connectivity index (χ0n) is 25.8. The zero-order chi connectivity index (χ0) is 31.0. The van der Waals surface area contributed by atoms with Crippen molar-refractivity contribution >= 4 is 39.1 Å². The van der Waals surface area contributed by atoms with Gasteiger partial charge in [-0.25, -0.2) is 4.39 Å². The predicted octanol–water partition coefficient (Wildman–Crippen LogP) is 5.71. The maximum absolute atomic E-state index is 16.8. The summed E-state index contributed by atoms with van der Waals surface area (Å²) in [4.78, 5) is 19.3. The summed E-state index contributed by atoms with van der Waals surface area (Å²) in [6.07, 6.45) is 11.3. The molecule has 4 aliphatic rings. The molecule has 4 unspecified atom stereocenters. The standard InChI is InChI=1S/C35H36ClFN8O/c1-43-16-23(14-39-43)22-13-35(11-4-12-45(35)17-22)20-46-34-41-32-27(33(42-34)44-18-24-9-10-25(19-44)40-24)15-38-31(30(32)37)26-7-2-5-21-6-3-8-28(36)29(21)26/h2-3,5-8,14-16,22,24-25,40H,4,9-13,17-20H2,1H3. The Morgan fingerprint density at radius 3 is 2.70 bits per heavy atom. The molecule has 0 aliphatic carbocycles. The molecular weight excluding hydrogens is 603 g/mol. The summed E-state index contributed by atoms with van der Waals surface area (Å²) in [5, 5.41) is 11.0. The molecule has 0 radical (unpaired) electrons. The van der Waals surface area contributed by atoms with Gasteiger partial charge in [-0.2, -0.15) is 15.1 Å². The lowest BCUT2D eigenvalue weighted by Gasteiger charge is -2.34. The molecule has 7 heterocycles. The Morgan fingerprint density at radius 1 is 1.07 bits per heavy atom. The summed E-state index contributed by atoms with van der Waals surface area (Å²) in [5.41, 5.74) is 2.25. The van der Waals surface area contributed by atoms with Gasteiger partial charge in [0.15, 0.2) is 5.82 Å². The first kappa shape index (κ1) is 28.4. The lowest BCUT2D eigenvalue weighted by molar-refractivity contribution is 0.108. The molecule has 4 fully saturated rings. The van der Waals surface area contributed by atoms with Crippen molar-refractivity contribution in [3.63, 3.8) is 0 Å². The minimum atomic E-state index is -0.491. The van der Waals surface area contributed by atoms with Crippen LogP contribution < -0.4 is 15.0 Å². The molecule has 4 atom stereocenters. The van der Waals surface area contributed by atoms with Crippen molar-refractivity contribution in [2.75, 3.05) is 37.7 Å². The fraction of sp³-hybridized carbons (Fsp3) is 0.429. The zero-order valence-corrected chi connectivity index (χ0v) is 26.5. The van der Waals surface area contributed by atoms with E-state index in [0.29, 0.717) is 46.4 Å². The van der Waals surface area contributed by atoms with Crippen LogP contribution >= 0.6 is 11.6 Å². The molecule has 2 aromatic carbocycles. The number of rotatable bonds is 6. The molecular formula is C35H36ClFN8O. The average Bonchev–Trinajstić information content (AvgIpc) is 3.83. The summed E-state index contributed by atoms with van der Waals surface area (Å²) in [5.74, 6) is 0.600. The van der Waals surface area contributed by atoms with E-state index in [1.54, 1.807) is 6.20 Å². The van der Waals surface area contributed by atoms with Gasteiger partial charge in [-0.05, 0) is 55.7 Å². The van der Waals surface area contributed by atoms with Gasteiger partial charge in [-0.3, -0.25) is 14.6 Å². The highest BCUT2D eigenvalue weighted by atomic mass is 35.5. The molecule has 0 saturated carbocycles. The molecule has 2 bridgehead atoms. The summed E-state index contributed by atoms with van der Waals surface area (Å²) in [6, 6.07) is 12.4. The topological polar surface area (TPSA) is 84.2 Å². The Labute approximate surface area is 271 Å². The van der Waals surface area contributed by atoms with Crippen molar-refractivity contribution in [3.8, 4) is 17.3 Å². The van der Waals surface area contributed by atoms with Gasteiger partial charge >= 0.3 is 6.01 Å². The fourth-order valence-corrected chi connectivity index (χ4v) is 8.86. The van der Waals surface area contributed by atoms with Crippen LogP contribution in [0.2, 0.25) is 5.02 Å². The number of piperazine rings is 1. The SMILES string of the molecule is Cn1cc(C2CN3CCCC3(COc3nc(N4CC5CCC(C4)N5)c4cnc(-c5cccc6cccc(Cl)c56)c(F)c4n3)C2)cn1. The molecule has 5 aromatic rings. The number of aryl methyl sites for hydroxylation is 1. The quantitative estimate of drug-likeness (QED) is 0.253. The number of ether oxygens (including phenoxy) is 1. The number of nitrogens with one attached hydrogen (secondary N) is 1. The number of aromatic nitrogens is 5. The molecule has 9 nitrogen and oxygen atoms in total. The van der Waals surface area contributed by atoms with E-state index in [-0.39, 0.29) is 22.8 Å². The Balaban J connectivity index is 1.12. The fourth-order valence-electron chi connectivity index (χ4n) is 8.57. The second kappa shape index (κ2) is 10.9. The molecule has 3 aromatic heterocycles. The number of halogens is 2. The van der Waals surface area contributed by atoms with Gasteiger partial charge in [0.05, 0.1) is 17.1 Å². The highest BCUT2D eigenvalue weighted by Crippen LogP contribution is 2.46. The molecule has 11 heteroatoms. The molecule has 236 valence electrons. The summed E-state index contributed by atoms with van der Waals surface area (Å²) < 4.78 is 25.2. The minimum Gasteiger partial charge on any atom is -0.461 e. The van der Waals surface area contributed by atoms with Crippen molar-refractivity contribution in [2.24, 2.45) is 7.05 Å². The van der Waals surface area contributed by atoms with Crippen LogP contribution in [-0.4, -0.2) is 80.0 Å². The third-order valence-corrected chi connectivity index (χ3v) is 11.1. The highest BCUT2D eigenvalue weighted by Gasteiger charge is 2.49. The molecule has 0 spiro atoms. The number of nitrogens with zero attached hydrogens (tertiary/aromatic N) is 7. The van der Waals surface area contributed by atoms with E-state index in [1.807, 2.05) is 54.3 Å². The molecule has 0 amide bonds. The first-order valence-electron chi connectivity index (χ1n) is 16.4. The molecule has 4 aliphatic heterocycles. The first-order valence-corrected chi connectivity index (χ1v) is 16.7. The lowest BCUT2D eigenvalue weighted by Crippen LogP contribution is -2.51. The van der Waals surface area contributed by atoms with Crippen LogP contribution in [0.3, 0.4) is 0 Å². The Kier molecular flexibility index (Phi) is 6.70. The predicted molar refractivity (Wildman–Crippen MR) is 177 cm³/mol. The average molecular weight is 639 g/mol. The van der Waals surface area contributed by atoms with Crippen LogP contribution in [0.25, 0.3) is 32.9 Å². The van der Waals surface area contributed by atoms with E-state index in [0.717, 1.165) is 69.1 Å². The second-order valence-corrected chi connectivity index (χ2v) is 14.0. The summed E-state index contributed by atoms with van der Waals surface area (Å²) in [6.45, 7) is 4.09. The van der Waals surface area contributed by atoms with Crippen molar-refractivity contribution in [3.05, 3.63) is 71.4 Å². The van der Waals surface area contributed by atoms with Crippen molar-refractivity contribution in [1.82, 2.24) is 34.9 Å². The van der Waals surface area contributed by atoms with Crippen LogP contribution in [-0.2, 0) is 7.05 Å². The van der Waals surface area contributed by atoms with E-state index in [2.05, 4.69) is 31.4 Å². The van der Waals surface area contributed by atoms with E-state index in [4.69, 9.17) is 26.3 Å². The van der Waals surface area contributed by atoms with E-state index < -0.39 is 5.82 Å². The van der Waals surface area contributed by atoms with Gasteiger partial charge in [0, 0.05) is 73.0 Å². The third kappa shape index (κ3) is 4.64. The van der Waals surface area contributed by atoms with E-state index in [1.165, 1.54) is 5.56 Å². The maximum Gasteiger partial charge on any atom is 0.319 e. The van der Waals surface area contributed by atoms with Gasteiger partial charge < -0.3 is 15.0 Å². The van der Waals surface area contributed by atoms with E-state index >= 15 is 4.39 Å². The first-order chi connectivity index (χ1) is 22.4. The van der Waals surface area contributed by atoms with Gasteiger partial charge in [0.2, 0.25) is 0 Å². The minimum absolute atomic E-state index is 0.102. The van der Waals surface area contributed by atoms with Crippen LogP contribution in [0.15, 0.2) is 55.0 Å². The monoisotopic (exact) mass is 638 g/mol. The Hall–Kier alpha value is -3.86. The van der Waals surface area contributed by atoms with Crippen molar-refractivity contribution < 1.29 is 9.13 Å². The highest BCUT2D eigenvalue weighted by molar-refractivity contribution is 6.36. The van der Waals surface area contributed by atoms with Gasteiger partial charge in [0.1, 0.15) is 23.6 Å². The number of benzene rings is 2. The van der Waals surface area contributed by atoms with Crippen LogP contribution in [0.5, 0.6) is 6.01 Å². The van der Waals surface area contributed by atoms with Crippen LogP contribution in [0, 0.1) is 5.82 Å². The largest absolute Gasteiger partial charge is 0.461 e. The van der Waals surface area contributed by atoms with Gasteiger partial charge in [0.25, 0.3) is 0 Å². The molecule has 1 N–H and O–H groups in total. The van der Waals surface area contributed by atoms with Gasteiger partial charge in [-0.1, -0.05) is 41.9 Å². The molecule has 4 saturated heterocycles. The normalized spacial score (nSPS) is 26.0. The maximum atomic E-state index is 16.8. The van der Waals surface area contributed by atoms with Crippen LogP contribution in [0.1, 0.15) is 43.6 Å². The second-order valence-electron chi connectivity index (χ2n) is 13.6. The van der Waals surface area contributed by atoms with E-state index in [9.17, 15) is 0 Å². The number of hydrogen-bond acceptors (Lipinski definition) is 8. The lowest BCUT2D eigenvalue weighted by atomic mass is 9.88. The molecule has 9 rings (SSSR count). The third-order valence-electron chi connectivity index (χ3n) is 10.7. The van der Waals surface area contributed by atoms with Crippen LogP contribution in [0.4, 0.5) is 10.2 Å².